The smallest absolute Gasteiger partial charge is 0.225 e. The fourth-order valence-electron chi connectivity index (χ4n) is 3.37. The molecule has 0 bridgehead atoms. The fourth-order valence-corrected chi connectivity index (χ4v) is 3.37. The summed E-state index contributed by atoms with van der Waals surface area (Å²) in [6.45, 7) is 5.83. The van der Waals surface area contributed by atoms with Gasteiger partial charge in [0.1, 0.15) is 17.3 Å². The lowest BCUT2D eigenvalue weighted by atomic mass is 10.0. The first-order valence-corrected chi connectivity index (χ1v) is 8.81. The molecule has 0 radical (unpaired) electrons. The van der Waals surface area contributed by atoms with Gasteiger partial charge in [0.25, 0.3) is 0 Å². The summed E-state index contributed by atoms with van der Waals surface area (Å²) in [6, 6.07) is 8.30. The van der Waals surface area contributed by atoms with Gasteiger partial charge in [0, 0.05) is 5.56 Å². The molecule has 0 amide bonds. The monoisotopic (exact) mass is 382 g/mol. The van der Waals surface area contributed by atoms with Crippen LogP contribution in [0.5, 0.6) is 17.4 Å². The molecule has 3 aromatic rings. The van der Waals surface area contributed by atoms with Crippen LogP contribution in [0.4, 0.5) is 4.39 Å². The van der Waals surface area contributed by atoms with Crippen LogP contribution in [0.3, 0.4) is 0 Å². The van der Waals surface area contributed by atoms with Gasteiger partial charge in [-0.1, -0.05) is 6.07 Å². The summed E-state index contributed by atoms with van der Waals surface area (Å²) in [5.41, 5.74) is 4.65. The molecular weight excluding hydrogens is 359 g/mol. The molecule has 5 nitrogen and oxygen atoms in total. The van der Waals surface area contributed by atoms with E-state index >= 15 is 0 Å². The van der Waals surface area contributed by atoms with E-state index in [-0.39, 0.29) is 5.82 Å². The fraction of sp³-hybridized carbons (Fsp3) is 0.273. The first-order valence-electron chi connectivity index (χ1n) is 8.81. The number of hydrogen-bond acceptors (Lipinski definition) is 5. The van der Waals surface area contributed by atoms with Crippen LogP contribution in [0, 0.1) is 26.6 Å². The van der Waals surface area contributed by atoms with Crippen molar-refractivity contribution in [2.75, 3.05) is 21.3 Å². The third kappa shape index (κ3) is 3.50. The van der Waals surface area contributed by atoms with E-state index in [1.165, 1.54) is 26.4 Å². The molecular formula is C22H23FN2O3. The zero-order valence-corrected chi connectivity index (χ0v) is 16.9. The van der Waals surface area contributed by atoms with Crippen molar-refractivity contribution in [2.45, 2.75) is 20.8 Å². The Morgan fingerprint density at radius 1 is 0.786 bits per heavy atom. The van der Waals surface area contributed by atoms with Crippen molar-refractivity contribution in [1.82, 2.24) is 9.97 Å². The Morgan fingerprint density at radius 3 is 2.14 bits per heavy atom. The van der Waals surface area contributed by atoms with Crippen LogP contribution in [-0.4, -0.2) is 31.3 Å². The zero-order chi connectivity index (χ0) is 20.4. The van der Waals surface area contributed by atoms with Crippen molar-refractivity contribution in [2.24, 2.45) is 0 Å². The molecule has 0 fully saturated rings. The van der Waals surface area contributed by atoms with Gasteiger partial charge in [0.05, 0.1) is 38.2 Å². The Balaban J connectivity index is 2.27. The van der Waals surface area contributed by atoms with Crippen molar-refractivity contribution < 1.29 is 18.6 Å². The molecule has 6 heteroatoms. The maximum atomic E-state index is 13.9. The standard InChI is InChI=1S/C22H23FN2O3/c1-12-9-13(2)19(18(10-12)27-5)21-24-14(3)20(22(25-21)28-6)16-11-15(23)7-8-17(16)26-4/h7-11H,1-6H3. The SMILES string of the molecule is COc1ccc(F)cc1-c1c(C)nc(-c2c(C)cc(C)cc2OC)nc1OC. The van der Waals surface area contributed by atoms with E-state index in [1.807, 2.05) is 32.9 Å². The lowest BCUT2D eigenvalue weighted by Gasteiger charge is -2.17. The van der Waals surface area contributed by atoms with Crippen molar-refractivity contribution in [3.63, 3.8) is 0 Å². The third-order valence-electron chi connectivity index (χ3n) is 4.57. The minimum atomic E-state index is -0.377. The first kappa shape index (κ1) is 19.6. The quantitative estimate of drug-likeness (QED) is 0.628. The van der Waals surface area contributed by atoms with Gasteiger partial charge in [-0.05, 0) is 56.2 Å². The summed E-state index contributed by atoms with van der Waals surface area (Å²) < 4.78 is 30.4. The van der Waals surface area contributed by atoms with Crippen molar-refractivity contribution in [3.8, 4) is 39.9 Å². The van der Waals surface area contributed by atoms with Crippen LogP contribution in [0.25, 0.3) is 22.5 Å². The normalized spacial score (nSPS) is 10.7. The van der Waals surface area contributed by atoms with Gasteiger partial charge in [-0.25, -0.2) is 9.37 Å². The van der Waals surface area contributed by atoms with Crippen molar-refractivity contribution in [1.29, 1.82) is 0 Å². The van der Waals surface area contributed by atoms with E-state index in [2.05, 4.69) is 9.97 Å². The number of benzene rings is 2. The predicted octanol–water partition coefficient (Wildman–Crippen LogP) is 4.90. The van der Waals surface area contributed by atoms with E-state index in [4.69, 9.17) is 14.2 Å². The maximum absolute atomic E-state index is 13.9. The van der Waals surface area contributed by atoms with Crippen molar-refractivity contribution in [3.05, 3.63) is 53.0 Å². The average Bonchev–Trinajstić information content (AvgIpc) is 2.66. The van der Waals surface area contributed by atoms with Gasteiger partial charge in [0.15, 0.2) is 5.82 Å². The van der Waals surface area contributed by atoms with Crippen LogP contribution < -0.4 is 14.2 Å². The third-order valence-corrected chi connectivity index (χ3v) is 4.57. The number of rotatable bonds is 5. The van der Waals surface area contributed by atoms with Crippen LogP contribution >= 0.6 is 0 Å². The van der Waals surface area contributed by atoms with Gasteiger partial charge >= 0.3 is 0 Å². The van der Waals surface area contributed by atoms with E-state index in [0.29, 0.717) is 40.0 Å². The molecule has 1 aromatic heterocycles. The molecule has 0 aliphatic heterocycles. The summed E-state index contributed by atoms with van der Waals surface area (Å²) >= 11 is 0. The largest absolute Gasteiger partial charge is 0.496 e. The van der Waals surface area contributed by atoms with E-state index < -0.39 is 0 Å². The number of halogens is 1. The summed E-state index contributed by atoms with van der Waals surface area (Å²) in [4.78, 5) is 9.29. The molecule has 0 N–H and O–H groups in total. The molecule has 0 saturated heterocycles. The Hall–Kier alpha value is -3.15. The highest BCUT2D eigenvalue weighted by Gasteiger charge is 2.21. The molecule has 0 aliphatic rings. The van der Waals surface area contributed by atoms with Crippen LogP contribution in [0.1, 0.15) is 16.8 Å². The van der Waals surface area contributed by atoms with Crippen molar-refractivity contribution >= 4 is 0 Å². The van der Waals surface area contributed by atoms with Crippen LogP contribution in [0.2, 0.25) is 0 Å². The summed E-state index contributed by atoms with van der Waals surface area (Å²) in [5.74, 6) is 1.66. The molecule has 0 atom stereocenters. The molecule has 28 heavy (non-hydrogen) atoms. The zero-order valence-electron chi connectivity index (χ0n) is 16.9. The minimum absolute atomic E-state index is 0.341. The van der Waals surface area contributed by atoms with Gasteiger partial charge in [0.2, 0.25) is 5.88 Å². The Morgan fingerprint density at radius 2 is 1.50 bits per heavy atom. The highest BCUT2D eigenvalue weighted by atomic mass is 19.1. The predicted molar refractivity (Wildman–Crippen MR) is 107 cm³/mol. The molecule has 3 rings (SSSR count). The molecule has 2 aromatic carbocycles. The second kappa shape index (κ2) is 7.84. The van der Waals surface area contributed by atoms with Gasteiger partial charge in [-0.3, -0.25) is 0 Å². The number of nitrogens with zero attached hydrogens (tertiary/aromatic N) is 2. The second-order valence-corrected chi connectivity index (χ2v) is 6.52. The molecule has 0 aliphatic carbocycles. The van der Waals surface area contributed by atoms with E-state index in [1.54, 1.807) is 13.2 Å². The molecule has 0 saturated carbocycles. The molecule has 0 unspecified atom stereocenters. The highest BCUT2D eigenvalue weighted by Crippen LogP contribution is 2.40. The second-order valence-electron chi connectivity index (χ2n) is 6.52. The maximum Gasteiger partial charge on any atom is 0.225 e. The Labute approximate surface area is 164 Å². The Kier molecular flexibility index (Phi) is 5.49. The minimum Gasteiger partial charge on any atom is -0.496 e. The number of aryl methyl sites for hydroxylation is 3. The summed E-state index contributed by atoms with van der Waals surface area (Å²) in [5, 5.41) is 0. The topological polar surface area (TPSA) is 53.5 Å². The van der Waals surface area contributed by atoms with Gasteiger partial charge in [-0.15, -0.1) is 0 Å². The van der Waals surface area contributed by atoms with E-state index in [0.717, 1.165) is 16.7 Å². The lowest BCUT2D eigenvalue weighted by molar-refractivity contribution is 0.396. The molecule has 1 heterocycles. The average molecular weight is 382 g/mol. The molecule has 146 valence electrons. The summed E-state index contributed by atoms with van der Waals surface area (Å²) in [7, 11) is 4.68. The number of hydrogen-bond donors (Lipinski definition) is 0. The molecule has 0 spiro atoms. The highest BCUT2D eigenvalue weighted by molar-refractivity contribution is 5.79. The number of methoxy groups -OCH3 is 3. The summed E-state index contributed by atoms with van der Waals surface area (Å²) in [6.07, 6.45) is 0. The lowest BCUT2D eigenvalue weighted by Crippen LogP contribution is -2.04. The Bertz CT molecular complexity index is 1030. The number of ether oxygens (including phenoxy) is 3. The van der Waals surface area contributed by atoms with Crippen LogP contribution in [0.15, 0.2) is 30.3 Å². The van der Waals surface area contributed by atoms with E-state index in [9.17, 15) is 4.39 Å². The number of aromatic nitrogens is 2. The van der Waals surface area contributed by atoms with Crippen LogP contribution in [-0.2, 0) is 0 Å². The van der Waals surface area contributed by atoms with Gasteiger partial charge in [-0.2, -0.15) is 4.98 Å². The van der Waals surface area contributed by atoms with Gasteiger partial charge < -0.3 is 14.2 Å². The first-order chi connectivity index (χ1) is 13.4.